The van der Waals surface area contributed by atoms with Crippen LogP contribution in [0.1, 0.15) is 18.1 Å². The average Bonchev–Trinajstić information content (AvgIpc) is 2.92. The number of aromatic nitrogens is 2. The summed E-state index contributed by atoms with van der Waals surface area (Å²) in [6.45, 7) is 3.17. The summed E-state index contributed by atoms with van der Waals surface area (Å²) >= 11 is 5.44. The number of ether oxygens (including phenoxy) is 1. The second kappa shape index (κ2) is 6.97. The Kier molecular flexibility index (Phi) is 5.03. The first-order chi connectivity index (χ1) is 9.72. The molecule has 0 aliphatic heterocycles. The summed E-state index contributed by atoms with van der Waals surface area (Å²) in [5.41, 5.74) is 1.26. The van der Waals surface area contributed by atoms with Gasteiger partial charge in [-0.3, -0.25) is 4.68 Å². The predicted octanol–water partition coefficient (Wildman–Crippen LogP) is 3.21. The Balaban J connectivity index is 2.01. The van der Waals surface area contributed by atoms with Gasteiger partial charge in [-0.2, -0.15) is 5.10 Å². The van der Waals surface area contributed by atoms with Crippen molar-refractivity contribution in [3.8, 4) is 17.6 Å². The zero-order valence-corrected chi connectivity index (χ0v) is 11.8. The Labute approximate surface area is 122 Å². The fourth-order valence-corrected chi connectivity index (χ4v) is 1.70. The van der Waals surface area contributed by atoms with E-state index < -0.39 is 5.82 Å². The van der Waals surface area contributed by atoms with Crippen LogP contribution in [0.25, 0.3) is 0 Å². The Morgan fingerprint density at radius 2 is 2.30 bits per heavy atom. The van der Waals surface area contributed by atoms with Gasteiger partial charge in [0.15, 0.2) is 0 Å². The van der Waals surface area contributed by atoms with E-state index in [9.17, 15) is 4.39 Å². The van der Waals surface area contributed by atoms with Gasteiger partial charge >= 0.3 is 0 Å². The highest BCUT2D eigenvalue weighted by Gasteiger charge is 2.03. The van der Waals surface area contributed by atoms with Crippen LogP contribution in [0.5, 0.6) is 5.75 Å². The van der Waals surface area contributed by atoms with Crippen LogP contribution in [0, 0.1) is 17.7 Å². The predicted molar refractivity (Wildman–Crippen MR) is 76.2 cm³/mol. The van der Waals surface area contributed by atoms with Gasteiger partial charge in [0.25, 0.3) is 0 Å². The van der Waals surface area contributed by atoms with E-state index in [1.165, 1.54) is 6.07 Å². The minimum Gasteiger partial charge on any atom is -0.489 e. The van der Waals surface area contributed by atoms with Crippen molar-refractivity contribution in [3.63, 3.8) is 0 Å². The molecule has 5 heteroatoms. The van der Waals surface area contributed by atoms with Crippen molar-refractivity contribution in [2.24, 2.45) is 0 Å². The number of halogens is 2. The smallest absolute Gasteiger partial charge is 0.142 e. The lowest BCUT2D eigenvalue weighted by Gasteiger charge is -2.05. The van der Waals surface area contributed by atoms with E-state index in [0.29, 0.717) is 17.9 Å². The summed E-state index contributed by atoms with van der Waals surface area (Å²) in [6, 6.07) is 4.59. The number of hydrogen-bond donors (Lipinski definition) is 0. The van der Waals surface area contributed by atoms with Gasteiger partial charge in [-0.25, -0.2) is 4.39 Å². The van der Waals surface area contributed by atoms with Gasteiger partial charge < -0.3 is 4.74 Å². The normalized spacial score (nSPS) is 9.95. The highest BCUT2D eigenvalue weighted by Crippen LogP contribution is 2.17. The van der Waals surface area contributed by atoms with Gasteiger partial charge in [0, 0.05) is 24.4 Å². The van der Waals surface area contributed by atoms with Crippen molar-refractivity contribution in [3.05, 3.63) is 47.5 Å². The molecular weight excluding hydrogens is 279 g/mol. The molecule has 20 heavy (non-hydrogen) atoms. The molecule has 0 radical (unpaired) electrons. The van der Waals surface area contributed by atoms with Crippen LogP contribution in [0.4, 0.5) is 4.39 Å². The second-order valence-corrected chi connectivity index (χ2v) is 4.34. The molecule has 0 bridgehead atoms. The zero-order chi connectivity index (χ0) is 14.4. The van der Waals surface area contributed by atoms with Gasteiger partial charge in [0.2, 0.25) is 0 Å². The SMILES string of the molecule is CCn1cc(COc2ccc(C#CCCl)c(F)c2)cn1. The number of aryl methyl sites for hydroxylation is 1. The number of nitrogens with zero attached hydrogens (tertiary/aromatic N) is 2. The Hall–Kier alpha value is -1.99. The zero-order valence-electron chi connectivity index (χ0n) is 11.1. The maximum Gasteiger partial charge on any atom is 0.142 e. The van der Waals surface area contributed by atoms with Crippen molar-refractivity contribution in [2.45, 2.75) is 20.1 Å². The lowest BCUT2D eigenvalue weighted by molar-refractivity contribution is 0.304. The van der Waals surface area contributed by atoms with Crippen molar-refractivity contribution in [2.75, 3.05) is 5.88 Å². The minimum atomic E-state index is -0.413. The van der Waals surface area contributed by atoms with Crippen LogP contribution >= 0.6 is 11.6 Å². The number of rotatable bonds is 4. The van der Waals surface area contributed by atoms with E-state index in [1.54, 1.807) is 18.3 Å². The molecule has 0 spiro atoms. The van der Waals surface area contributed by atoms with Crippen molar-refractivity contribution < 1.29 is 9.13 Å². The summed E-state index contributed by atoms with van der Waals surface area (Å²) < 4.78 is 21.0. The molecule has 1 aromatic carbocycles. The molecule has 0 amide bonds. The first-order valence-electron chi connectivity index (χ1n) is 6.21. The van der Waals surface area contributed by atoms with Gasteiger partial charge in [0.05, 0.1) is 17.6 Å². The summed E-state index contributed by atoms with van der Waals surface area (Å²) in [4.78, 5) is 0. The summed E-state index contributed by atoms with van der Waals surface area (Å²) in [5.74, 6) is 5.49. The first kappa shape index (κ1) is 14.4. The largest absolute Gasteiger partial charge is 0.489 e. The molecule has 0 aliphatic carbocycles. The van der Waals surface area contributed by atoms with Gasteiger partial charge in [-0.15, -0.1) is 11.6 Å². The molecule has 0 N–H and O–H groups in total. The van der Waals surface area contributed by atoms with Crippen LogP contribution in [-0.2, 0) is 13.2 Å². The highest BCUT2D eigenvalue weighted by atomic mass is 35.5. The molecule has 0 aliphatic rings. The third kappa shape index (κ3) is 3.75. The molecule has 1 heterocycles. The van der Waals surface area contributed by atoms with Crippen LogP contribution in [0.2, 0.25) is 0 Å². The van der Waals surface area contributed by atoms with Crippen LogP contribution in [0.3, 0.4) is 0 Å². The lowest BCUT2D eigenvalue weighted by atomic mass is 10.2. The highest BCUT2D eigenvalue weighted by molar-refractivity contribution is 6.19. The molecule has 104 valence electrons. The van der Waals surface area contributed by atoms with Crippen LogP contribution in [0.15, 0.2) is 30.6 Å². The molecule has 0 atom stereocenters. The molecular formula is C15H14ClFN2O. The van der Waals surface area contributed by atoms with Crippen molar-refractivity contribution in [1.82, 2.24) is 9.78 Å². The fourth-order valence-electron chi connectivity index (χ4n) is 1.64. The van der Waals surface area contributed by atoms with Crippen LogP contribution < -0.4 is 4.74 Å². The minimum absolute atomic E-state index is 0.180. The van der Waals surface area contributed by atoms with E-state index >= 15 is 0 Å². The topological polar surface area (TPSA) is 27.1 Å². The summed E-state index contributed by atoms with van der Waals surface area (Å²) in [6.07, 6.45) is 3.64. The van der Waals surface area contributed by atoms with Crippen molar-refractivity contribution in [1.29, 1.82) is 0 Å². The third-order valence-corrected chi connectivity index (χ3v) is 2.78. The van der Waals surface area contributed by atoms with E-state index in [1.807, 2.05) is 17.8 Å². The maximum atomic E-state index is 13.7. The monoisotopic (exact) mass is 292 g/mol. The van der Waals surface area contributed by atoms with E-state index in [-0.39, 0.29) is 5.88 Å². The Morgan fingerprint density at radius 1 is 1.45 bits per heavy atom. The van der Waals surface area contributed by atoms with E-state index in [4.69, 9.17) is 16.3 Å². The van der Waals surface area contributed by atoms with Crippen molar-refractivity contribution >= 4 is 11.6 Å². The van der Waals surface area contributed by atoms with E-state index in [2.05, 4.69) is 16.9 Å². The van der Waals surface area contributed by atoms with Gasteiger partial charge in [0.1, 0.15) is 18.2 Å². The number of alkyl halides is 1. The first-order valence-corrected chi connectivity index (χ1v) is 6.75. The molecule has 0 saturated heterocycles. The quantitative estimate of drug-likeness (QED) is 0.639. The number of benzene rings is 1. The van der Waals surface area contributed by atoms with E-state index in [0.717, 1.165) is 12.1 Å². The summed E-state index contributed by atoms with van der Waals surface area (Å²) in [5, 5.41) is 4.14. The standard InChI is InChI=1S/C15H14ClFN2O/c1-2-19-10-12(9-18-19)11-20-14-6-5-13(4-3-7-16)15(17)8-14/h5-6,8-10H,2,7,11H2,1H3. The molecule has 1 aromatic heterocycles. The van der Waals surface area contributed by atoms with Gasteiger partial charge in [-0.1, -0.05) is 11.8 Å². The molecule has 0 unspecified atom stereocenters. The van der Waals surface area contributed by atoms with Gasteiger partial charge in [-0.05, 0) is 19.1 Å². The second-order valence-electron chi connectivity index (χ2n) is 4.07. The lowest BCUT2D eigenvalue weighted by Crippen LogP contribution is -1.96. The molecule has 2 aromatic rings. The number of hydrogen-bond acceptors (Lipinski definition) is 2. The Morgan fingerprint density at radius 3 is 2.95 bits per heavy atom. The molecule has 0 fully saturated rings. The maximum absolute atomic E-state index is 13.7. The summed E-state index contributed by atoms with van der Waals surface area (Å²) in [7, 11) is 0. The Bertz CT molecular complexity index is 643. The molecule has 2 rings (SSSR count). The van der Waals surface area contributed by atoms with Crippen LogP contribution in [-0.4, -0.2) is 15.7 Å². The third-order valence-electron chi connectivity index (χ3n) is 2.65. The molecule has 3 nitrogen and oxygen atoms in total. The average molecular weight is 293 g/mol. The molecule has 0 saturated carbocycles. The fraction of sp³-hybridized carbons (Fsp3) is 0.267.